The topological polar surface area (TPSA) is 279 Å². The normalized spacial score (nSPS) is 15.6. The Morgan fingerprint density at radius 2 is 1.51 bits per heavy atom. The number of carbonyl (C=O) groups is 6. The summed E-state index contributed by atoms with van der Waals surface area (Å²) in [6, 6.07) is 21.9. The fraction of sp³-hybridized carbons (Fsp3) is 0.294. The number of nitrogens with one attached hydrogen (secondary N) is 5. The molecule has 0 saturated carbocycles. The van der Waals surface area contributed by atoms with E-state index in [2.05, 4.69) is 36.6 Å². The van der Waals surface area contributed by atoms with Crippen molar-refractivity contribution in [2.45, 2.75) is 44.2 Å². The lowest BCUT2D eigenvalue weighted by molar-refractivity contribution is -0.137. The van der Waals surface area contributed by atoms with Crippen LogP contribution in [0.25, 0.3) is 10.8 Å². The van der Waals surface area contributed by atoms with Gasteiger partial charge < -0.3 is 46.5 Å². The van der Waals surface area contributed by atoms with Crippen molar-refractivity contribution >= 4 is 69.8 Å². The highest BCUT2D eigenvalue weighted by Crippen LogP contribution is 2.44. The number of anilines is 2. The SMILES string of the molecule is CN=C(N=CN)[C@H]1c2nn(COCc3ccc(NC(=O)CNC(=O)[C@H](Cc4ccccc4)NC(=O)CNC(=O)CCOCCOCCN4C(=O)C=CC4=O)cc3)c(=O)c3cc(F)cc(c23)N[C@@H]1c1ccc(F)cc1. The summed E-state index contributed by atoms with van der Waals surface area (Å²) >= 11 is 0. The van der Waals surface area contributed by atoms with E-state index in [0.717, 1.165) is 27.6 Å². The van der Waals surface area contributed by atoms with E-state index in [1.54, 1.807) is 66.7 Å². The number of amidine groups is 1. The number of amides is 6. The van der Waals surface area contributed by atoms with Gasteiger partial charge in [0.2, 0.25) is 23.6 Å². The first-order valence-corrected chi connectivity index (χ1v) is 23.3. The Morgan fingerprint density at radius 1 is 0.811 bits per heavy atom. The summed E-state index contributed by atoms with van der Waals surface area (Å²) < 4.78 is 46.8. The molecular formula is C51H53F2N11O10. The van der Waals surface area contributed by atoms with Gasteiger partial charge >= 0.3 is 0 Å². The van der Waals surface area contributed by atoms with Gasteiger partial charge in [0.25, 0.3) is 17.4 Å². The third-order valence-corrected chi connectivity index (χ3v) is 11.7. The van der Waals surface area contributed by atoms with Gasteiger partial charge in [-0.25, -0.2) is 18.5 Å². The van der Waals surface area contributed by atoms with Crippen LogP contribution in [-0.4, -0.2) is 121 Å². The highest BCUT2D eigenvalue weighted by atomic mass is 19.1. The predicted molar refractivity (Wildman–Crippen MR) is 268 cm³/mol. The minimum absolute atomic E-state index is 0.00105. The molecule has 1 aromatic heterocycles. The fourth-order valence-corrected chi connectivity index (χ4v) is 8.11. The molecule has 74 heavy (non-hydrogen) atoms. The zero-order chi connectivity index (χ0) is 52.6. The second-order valence-electron chi connectivity index (χ2n) is 16.7. The van der Waals surface area contributed by atoms with Crippen molar-refractivity contribution in [1.29, 1.82) is 0 Å². The van der Waals surface area contributed by atoms with E-state index in [4.69, 9.17) is 25.0 Å². The number of halogens is 2. The van der Waals surface area contributed by atoms with Crippen LogP contribution in [0.3, 0.4) is 0 Å². The number of ether oxygens (including phenoxy) is 3. The molecule has 0 radical (unpaired) electrons. The zero-order valence-corrected chi connectivity index (χ0v) is 40.1. The van der Waals surface area contributed by atoms with Crippen LogP contribution < -0.4 is 37.9 Å². The molecule has 23 heteroatoms. The standard InChI is InChI=1S/C51H53F2N11O10/c1-55-49(58-29-54)46-47(33-9-11-34(52)12-10-33)61-38-25-35(53)24-37-45(38)48(46)62-64(51(37)71)30-74-28-32-7-13-36(14-8-32)59-41(66)27-57-50(70)39(23-31-5-3-2-4-6-31)60-42(67)26-56-40(65)17-19-72-21-22-73-20-18-63-43(68)15-16-44(63)69/h2-16,24-25,29,39,46-47,61H,17-23,26-28,30H2,1H3,(H,56,65)(H,57,70)(H,59,66)(H,60,67)(H2,54,55,58)/t39-,46+,47+/m0/s1. The number of nitrogens with zero attached hydrogens (tertiary/aromatic N) is 5. The molecule has 0 unspecified atom stereocenters. The van der Waals surface area contributed by atoms with Crippen LogP contribution in [0.1, 0.15) is 40.8 Å². The molecule has 3 atom stereocenters. The van der Waals surface area contributed by atoms with Crippen LogP contribution in [0.15, 0.2) is 118 Å². The smallest absolute Gasteiger partial charge is 0.277 e. The van der Waals surface area contributed by atoms with Crippen molar-refractivity contribution in [3.8, 4) is 0 Å². The van der Waals surface area contributed by atoms with E-state index in [0.29, 0.717) is 33.6 Å². The van der Waals surface area contributed by atoms with Crippen LogP contribution in [0.2, 0.25) is 0 Å². The molecule has 0 aliphatic carbocycles. The zero-order valence-electron chi connectivity index (χ0n) is 40.1. The summed E-state index contributed by atoms with van der Waals surface area (Å²) in [7, 11) is 1.52. The molecule has 386 valence electrons. The minimum atomic E-state index is -1.09. The van der Waals surface area contributed by atoms with Gasteiger partial charge in [-0.2, -0.15) is 5.10 Å². The van der Waals surface area contributed by atoms with Crippen LogP contribution in [0.4, 0.5) is 20.2 Å². The summed E-state index contributed by atoms with van der Waals surface area (Å²) in [5, 5.41) is 18.7. The van der Waals surface area contributed by atoms with Crippen molar-refractivity contribution in [3.63, 3.8) is 0 Å². The summed E-state index contributed by atoms with van der Waals surface area (Å²) in [5.74, 6) is -4.73. The summed E-state index contributed by atoms with van der Waals surface area (Å²) in [5.41, 5.74) is 8.14. The lowest BCUT2D eigenvalue weighted by Crippen LogP contribution is -2.51. The first-order valence-electron chi connectivity index (χ1n) is 23.3. The van der Waals surface area contributed by atoms with Crippen molar-refractivity contribution < 1.29 is 51.8 Å². The quantitative estimate of drug-likeness (QED) is 0.0225. The lowest BCUT2D eigenvalue weighted by Gasteiger charge is -2.34. The molecule has 0 fully saturated rings. The van der Waals surface area contributed by atoms with Gasteiger partial charge in [-0.3, -0.25) is 43.5 Å². The molecule has 0 spiro atoms. The third-order valence-electron chi connectivity index (χ3n) is 11.7. The van der Waals surface area contributed by atoms with Crippen LogP contribution in [-0.2, 0) is 62.7 Å². The molecule has 2 aliphatic rings. The van der Waals surface area contributed by atoms with Gasteiger partial charge in [0, 0.05) is 48.8 Å². The lowest BCUT2D eigenvalue weighted by atomic mass is 9.83. The van der Waals surface area contributed by atoms with Crippen LogP contribution in [0, 0.1) is 11.6 Å². The Labute approximate surface area is 422 Å². The molecule has 3 heterocycles. The predicted octanol–water partition coefficient (Wildman–Crippen LogP) is 2.36. The third kappa shape index (κ3) is 14.1. The maximum absolute atomic E-state index is 15.1. The van der Waals surface area contributed by atoms with E-state index < -0.39 is 83.7 Å². The van der Waals surface area contributed by atoms with Gasteiger partial charge in [-0.1, -0.05) is 54.6 Å². The van der Waals surface area contributed by atoms with Gasteiger partial charge in [-0.05, 0) is 53.1 Å². The Hall–Kier alpha value is -8.54. The van der Waals surface area contributed by atoms with Gasteiger partial charge in [0.15, 0.2) is 0 Å². The van der Waals surface area contributed by atoms with Crippen molar-refractivity contribution in [2.75, 3.05) is 63.7 Å². The molecule has 0 bridgehead atoms. The van der Waals surface area contributed by atoms with E-state index in [1.807, 2.05) is 0 Å². The average Bonchev–Trinajstić information content (AvgIpc) is 3.72. The second-order valence-corrected chi connectivity index (χ2v) is 16.7. The number of aromatic nitrogens is 2. The minimum Gasteiger partial charge on any atom is -0.390 e. The molecule has 2 aliphatic heterocycles. The molecule has 21 nitrogen and oxygen atoms in total. The maximum atomic E-state index is 15.1. The highest BCUT2D eigenvalue weighted by molar-refractivity contribution is 6.13. The number of nitrogens with two attached hydrogens (primary N) is 1. The van der Waals surface area contributed by atoms with E-state index in [1.165, 1.54) is 37.4 Å². The van der Waals surface area contributed by atoms with Crippen LogP contribution in [0.5, 0.6) is 0 Å². The fourth-order valence-electron chi connectivity index (χ4n) is 8.11. The van der Waals surface area contributed by atoms with E-state index >= 15 is 4.39 Å². The van der Waals surface area contributed by atoms with Gasteiger partial charge in [0.05, 0.1) is 82.0 Å². The maximum Gasteiger partial charge on any atom is 0.277 e. The number of carbonyl (C=O) groups excluding carboxylic acids is 6. The Kier molecular flexibility index (Phi) is 18.5. The highest BCUT2D eigenvalue weighted by Gasteiger charge is 2.38. The molecule has 5 aromatic rings. The molecule has 0 saturated heterocycles. The van der Waals surface area contributed by atoms with Crippen molar-refractivity contribution in [3.05, 3.63) is 148 Å². The van der Waals surface area contributed by atoms with Gasteiger partial charge in [-0.15, -0.1) is 0 Å². The second kappa shape index (κ2) is 25.7. The Bertz CT molecular complexity index is 2990. The first-order chi connectivity index (χ1) is 35.8. The first kappa shape index (κ1) is 53.3. The Balaban J connectivity index is 0.880. The number of aliphatic imine (C=N–C) groups is 2. The molecular weight excluding hydrogens is 965 g/mol. The van der Waals surface area contributed by atoms with Crippen molar-refractivity contribution in [2.24, 2.45) is 15.7 Å². The molecule has 4 aromatic carbocycles. The molecule has 6 amide bonds. The largest absolute Gasteiger partial charge is 0.390 e. The molecule has 7 rings (SSSR count). The van der Waals surface area contributed by atoms with Crippen LogP contribution >= 0.6 is 0 Å². The number of imide groups is 1. The monoisotopic (exact) mass is 1020 g/mol. The summed E-state index contributed by atoms with van der Waals surface area (Å²) in [4.78, 5) is 98.2. The number of rotatable bonds is 24. The summed E-state index contributed by atoms with van der Waals surface area (Å²) in [6.45, 7) is -0.583. The summed E-state index contributed by atoms with van der Waals surface area (Å²) in [6.07, 6.45) is 3.49. The number of benzene rings is 4. The van der Waals surface area contributed by atoms with E-state index in [9.17, 15) is 38.0 Å². The van der Waals surface area contributed by atoms with Gasteiger partial charge in [0.1, 0.15) is 30.2 Å². The Morgan fingerprint density at radius 3 is 2.22 bits per heavy atom. The van der Waals surface area contributed by atoms with Crippen molar-refractivity contribution in [1.82, 2.24) is 30.6 Å². The van der Waals surface area contributed by atoms with E-state index in [-0.39, 0.29) is 70.4 Å². The molecule has 7 N–H and O–H groups in total. The number of hydrogen-bond donors (Lipinski definition) is 6. The number of hydrogen-bond acceptors (Lipinski definition) is 13. The average molecular weight is 1020 g/mol.